The monoisotopic (exact) mass is 405 g/mol. The number of fused-ring (bicyclic) bond motifs is 1. The van der Waals surface area contributed by atoms with Crippen LogP contribution in [0.2, 0.25) is 5.02 Å². The molecule has 0 aliphatic heterocycles. The Bertz CT molecular complexity index is 950. The third kappa shape index (κ3) is 6.03. The van der Waals surface area contributed by atoms with Crippen molar-refractivity contribution >= 4 is 39.1 Å². The highest BCUT2D eigenvalue weighted by atomic mass is 35.5. The van der Waals surface area contributed by atoms with Crippen LogP contribution in [0.4, 0.5) is 0 Å². The molecule has 3 aromatic rings. The molecule has 144 valence electrons. The number of hydrogen-bond donors (Lipinski definition) is 2. The Morgan fingerprint density at radius 2 is 1.74 bits per heavy atom. The van der Waals surface area contributed by atoms with Crippen molar-refractivity contribution in [1.82, 2.24) is 4.98 Å². The number of thiazole rings is 1. The molecule has 6 heteroatoms. The number of hydrogen-bond acceptors (Lipinski definition) is 4. The normalized spacial score (nSPS) is 11.2. The van der Waals surface area contributed by atoms with E-state index >= 15 is 0 Å². The van der Waals surface area contributed by atoms with Crippen molar-refractivity contribution in [3.63, 3.8) is 0 Å². The van der Waals surface area contributed by atoms with Crippen LogP contribution in [0, 0.1) is 13.8 Å². The van der Waals surface area contributed by atoms with Crippen molar-refractivity contribution in [1.29, 1.82) is 0 Å². The van der Waals surface area contributed by atoms with Crippen LogP contribution in [-0.4, -0.2) is 26.8 Å². The number of halogens is 1. The van der Waals surface area contributed by atoms with Crippen LogP contribution in [0.25, 0.3) is 21.3 Å². The second-order valence-electron chi connectivity index (χ2n) is 7.38. The third-order valence-corrected chi connectivity index (χ3v) is 4.84. The minimum atomic E-state index is -0.834. The molecule has 0 fully saturated rings. The molecule has 0 saturated heterocycles. The topological polar surface area (TPSA) is 70.4 Å². The molecule has 0 unspecified atom stereocenters. The summed E-state index contributed by atoms with van der Waals surface area (Å²) < 4.78 is 1.03. The Morgan fingerprint density at radius 1 is 1.19 bits per heavy atom. The number of benzene rings is 2. The minimum absolute atomic E-state index is 0.00329. The predicted molar refractivity (Wildman–Crippen MR) is 113 cm³/mol. The third-order valence-electron chi connectivity index (χ3n) is 3.58. The van der Waals surface area contributed by atoms with Crippen molar-refractivity contribution in [2.75, 3.05) is 0 Å². The number of carboxylic acids is 1. The maximum absolute atomic E-state index is 11.3. The molecule has 0 aliphatic rings. The molecule has 1 aromatic heterocycles. The first-order valence-corrected chi connectivity index (χ1v) is 9.75. The van der Waals surface area contributed by atoms with E-state index < -0.39 is 11.6 Å². The van der Waals surface area contributed by atoms with Crippen LogP contribution < -0.4 is 0 Å². The van der Waals surface area contributed by atoms with E-state index in [1.807, 2.05) is 44.2 Å². The van der Waals surface area contributed by atoms with Gasteiger partial charge < -0.3 is 10.2 Å². The average Bonchev–Trinajstić information content (AvgIpc) is 2.87. The highest BCUT2D eigenvalue weighted by molar-refractivity contribution is 7.19. The number of aliphatic carboxylic acids is 1. The van der Waals surface area contributed by atoms with E-state index in [0.717, 1.165) is 37.5 Å². The van der Waals surface area contributed by atoms with Crippen LogP contribution in [0.3, 0.4) is 0 Å². The quantitative estimate of drug-likeness (QED) is 0.591. The molecule has 3 rings (SSSR count). The highest BCUT2D eigenvalue weighted by Gasteiger charge is 2.18. The fourth-order valence-corrected chi connectivity index (χ4v) is 3.77. The van der Waals surface area contributed by atoms with Gasteiger partial charge in [0.2, 0.25) is 0 Å². The summed E-state index contributed by atoms with van der Waals surface area (Å²) >= 11 is 7.56. The lowest BCUT2D eigenvalue weighted by Crippen LogP contribution is -2.10. The summed E-state index contributed by atoms with van der Waals surface area (Å²) in [6, 6.07) is 9.47. The van der Waals surface area contributed by atoms with Gasteiger partial charge in [-0.2, -0.15) is 0 Å². The first-order chi connectivity index (χ1) is 12.5. The minimum Gasteiger partial charge on any atom is -0.481 e. The van der Waals surface area contributed by atoms with Gasteiger partial charge in [-0.05, 0) is 69.5 Å². The van der Waals surface area contributed by atoms with Crippen LogP contribution in [0.1, 0.15) is 36.9 Å². The molecule has 0 spiro atoms. The first-order valence-electron chi connectivity index (χ1n) is 8.55. The molecule has 2 aromatic carbocycles. The van der Waals surface area contributed by atoms with E-state index in [0.29, 0.717) is 5.02 Å². The summed E-state index contributed by atoms with van der Waals surface area (Å²) in [4.78, 5) is 15.8. The lowest BCUT2D eigenvalue weighted by Gasteiger charge is -2.13. The van der Waals surface area contributed by atoms with Gasteiger partial charge >= 0.3 is 5.97 Å². The van der Waals surface area contributed by atoms with Gasteiger partial charge in [0.25, 0.3) is 0 Å². The molecular weight excluding hydrogens is 382 g/mol. The van der Waals surface area contributed by atoms with Gasteiger partial charge in [0.1, 0.15) is 0 Å². The van der Waals surface area contributed by atoms with E-state index in [1.54, 1.807) is 32.1 Å². The Balaban J connectivity index is 0.000000465. The van der Waals surface area contributed by atoms with Crippen LogP contribution in [-0.2, 0) is 11.2 Å². The zero-order chi connectivity index (χ0) is 20.4. The maximum atomic E-state index is 11.3. The SMILES string of the molecule is CC(C)(C)O.Cc1nc2cc(C)c(CC(=O)O)c(-c3ccc(Cl)cc3)c2s1. The first kappa shape index (κ1) is 21.4. The van der Waals surface area contributed by atoms with E-state index in [1.165, 1.54) is 0 Å². The largest absolute Gasteiger partial charge is 0.481 e. The summed E-state index contributed by atoms with van der Waals surface area (Å²) in [6.07, 6.45) is -0.00329. The lowest BCUT2D eigenvalue weighted by molar-refractivity contribution is -0.136. The second-order valence-corrected chi connectivity index (χ2v) is 9.02. The molecule has 0 aliphatic carbocycles. The fourth-order valence-electron chi connectivity index (χ4n) is 2.65. The van der Waals surface area contributed by atoms with Gasteiger partial charge in [-0.15, -0.1) is 11.3 Å². The molecule has 0 amide bonds. The van der Waals surface area contributed by atoms with Gasteiger partial charge in [-0.1, -0.05) is 23.7 Å². The van der Waals surface area contributed by atoms with E-state index in [9.17, 15) is 9.90 Å². The van der Waals surface area contributed by atoms with Crippen LogP contribution in [0.15, 0.2) is 30.3 Å². The second kappa shape index (κ2) is 8.38. The van der Waals surface area contributed by atoms with Crippen LogP contribution >= 0.6 is 22.9 Å². The summed E-state index contributed by atoms with van der Waals surface area (Å²) in [5.74, 6) is -0.834. The van der Waals surface area contributed by atoms with E-state index in [-0.39, 0.29) is 6.42 Å². The molecule has 0 saturated carbocycles. The number of aliphatic hydroxyl groups is 1. The number of carbonyl (C=O) groups is 1. The number of aromatic nitrogens is 1. The zero-order valence-corrected chi connectivity index (χ0v) is 17.7. The molecule has 0 bridgehead atoms. The Kier molecular flexibility index (Phi) is 6.63. The summed E-state index contributed by atoms with van der Waals surface area (Å²) in [7, 11) is 0. The van der Waals surface area contributed by atoms with Gasteiger partial charge in [-0.3, -0.25) is 4.79 Å². The molecule has 4 nitrogen and oxygen atoms in total. The van der Waals surface area contributed by atoms with Crippen molar-refractivity contribution < 1.29 is 15.0 Å². The number of carboxylic acid groups (broad SMARTS) is 1. The average molecular weight is 406 g/mol. The summed E-state index contributed by atoms with van der Waals surface area (Å²) in [5, 5.41) is 19.4. The van der Waals surface area contributed by atoms with Crippen molar-refractivity contribution in [3.8, 4) is 11.1 Å². The van der Waals surface area contributed by atoms with E-state index in [2.05, 4.69) is 4.98 Å². The number of rotatable bonds is 3. The standard InChI is InChI=1S/C17H14ClNO2S.C4H10O/c1-9-7-14-17(22-10(2)19-14)16(13(9)8-15(20)21)11-3-5-12(18)6-4-11;1-4(2,3)5/h3-7H,8H2,1-2H3,(H,20,21);5H,1-3H3. The van der Waals surface area contributed by atoms with Crippen LogP contribution in [0.5, 0.6) is 0 Å². The van der Waals surface area contributed by atoms with Crippen molar-refractivity contribution in [2.24, 2.45) is 0 Å². The molecule has 0 atom stereocenters. The molecule has 0 radical (unpaired) electrons. The molecule has 1 heterocycles. The fraction of sp³-hybridized carbons (Fsp3) is 0.333. The lowest BCUT2D eigenvalue weighted by atomic mass is 9.93. The number of aryl methyl sites for hydroxylation is 2. The zero-order valence-electron chi connectivity index (χ0n) is 16.1. The highest BCUT2D eigenvalue weighted by Crippen LogP contribution is 2.38. The van der Waals surface area contributed by atoms with Gasteiger partial charge in [0.05, 0.1) is 27.2 Å². The molecular formula is C21H24ClNO3S. The Hall–Kier alpha value is -1.95. The maximum Gasteiger partial charge on any atom is 0.307 e. The summed E-state index contributed by atoms with van der Waals surface area (Å²) in [6.45, 7) is 9.13. The smallest absolute Gasteiger partial charge is 0.307 e. The van der Waals surface area contributed by atoms with Crippen molar-refractivity contribution in [3.05, 3.63) is 51.5 Å². The van der Waals surface area contributed by atoms with Crippen molar-refractivity contribution in [2.45, 2.75) is 46.6 Å². The predicted octanol–water partition coefficient (Wildman–Crippen LogP) is 5.64. The Labute approximate surface area is 168 Å². The van der Waals surface area contributed by atoms with Gasteiger partial charge in [0, 0.05) is 10.6 Å². The molecule has 27 heavy (non-hydrogen) atoms. The summed E-state index contributed by atoms with van der Waals surface area (Å²) in [5.41, 5.74) is 4.13. The number of nitrogens with zero attached hydrogens (tertiary/aromatic N) is 1. The van der Waals surface area contributed by atoms with E-state index in [4.69, 9.17) is 16.7 Å². The Morgan fingerprint density at radius 3 is 2.26 bits per heavy atom. The van der Waals surface area contributed by atoms with Gasteiger partial charge in [0.15, 0.2) is 0 Å². The van der Waals surface area contributed by atoms with Gasteiger partial charge in [-0.25, -0.2) is 4.98 Å². The molecule has 2 N–H and O–H groups in total.